The van der Waals surface area contributed by atoms with Crippen molar-refractivity contribution in [2.24, 2.45) is 11.8 Å². The van der Waals surface area contributed by atoms with Crippen LogP contribution in [0.3, 0.4) is 0 Å². The second-order valence-electron chi connectivity index (χ2n) is 11.3. The van der Waals surface area contributed by atoms with Crippen LogP contribution in [0.2, 0.25) is 0 Å². The van der Waals surface area contributed by atoms with Crippen LogP contribution in [0, 0.1) is 11.8 Å². The molecule has 2 heterocycles. The summed E-state index contributed by atoms with van der Waals surface area (Å²) < 4.78 is 60.6. The zero-order valence-electron chi connectivity index (χ0n) is 25.1. The Bertz CT molecular complexity index is 1610. The summed E-state index contributed by atoms with van der Waals surface area (Å²) >= 11 is 3.34. The van der Waals surface area contributed by atoms with Gasteiger partial charge in [0.2, 0.25) is 21.9 Å². The van der Waals surface area contributed by atoms with E-state index in [0.717, 1.165) is 66.5 Å². The normalized spacial score (nSPS) is 18.9. The molecule has 1 aromatic heterocycles. The molecular formula is C30H36BrF3N6O5S. The number of carboxylic acids is 1. The molecule has 1 saturated heterocycles. The van der Waals surface area contributed by atoms with Crippen molar-refractivity contribution in [1.82, 2.24) is 19.6 Å². The van der Waals surface area contributed by atoms with Crippen LogP contribution in [0.5, 0.6) is 0 Å². The Balaban J connectivity index is 0.000000617. The van der Waals surface area contributed by atoms with Gasteiger partial charge in [-0.2, -0.15) is 18.2 Å². The van der Waals surface area contributed by atoms with E-state index in [9.17, 15) is 26.4 Å². The number of alkyl halides is 3. The summed E-state index contributed by atoms with van der Waals surface area (Å²) in [5.41, 5.74) is 0.903. The fourth-order valence-electron chi connectivity index (χ4n) is 5.41. The fraction of sp³-hybridized carbons (Fsp3) is 0.467. The molecule has 2 aliphatic rings. The Hall–Kier alpha value is -3.50. The van der Waals surface area contributed by atoms with Gasteiger partial charge in [0.15, 0.2) is 0 Å². The Kier molecular flexibility index (Phi) is 11.8. The highest BCUT2D eigenvalue weighted by Crippen LogP contribution is 2.30. The lowest BCUT2D eigenvalue weighted by Crippen LogP contribution is -2.48. The van der Waals surface area contributed by atoms with Gasteiger partial charge < -0.3 is 20.2 Å². The number of hydrogen-bond acceptors (Lipinski definition) is 8. The monoisotopic (exact) mass is 728 g/mol. The first kappa shape index (κ1) is 35.4. The first-order valence-electron chi connectivity index (χ1n) is 14.8. The van der Waals surface area contributed by atoms with E-state index in [-0.39, 0.29) is 5.91 Å². The van der Waals surface area contributed by atoms with E-state index in [1.54, 1.807) is 31.2 Å². The van der Waals surface area contributed by atoms with Crippen LogP contribution in [0.1, 0.15) is 32.6 Å². The number of anilines is 2. The van der Waals surface area contributed by atoms with Gasteiger partial charge in [-0.15, -0.1) is 0 Å². The van der Waals surface area contributed by atoms with Gasteiger partial charge in [0.05, 0.1) is 10.4 Å². The van der Waals surface area contributed by atoms with Crippen LogP contribution >= 0.6 is 15.9 Å². The van der Waals surface area contributed by atoms with Gasteiger partial charge in [-0.25, -0.2) is 22.9 Å². The van der Waals surface area contributed by atoms with Crippen molar-refractivity contribution in [3.05, 3.63) is 53.0 Å². The van der Waals surface area contributed by atoms with E-state index in [1.165, 1.54) is 0 Å². The Morgan fingerprint density at radius 1 is 0.935 bits per heavy atom. The van der Waals surface area contributed by atoms with Crippen molar-refractivity contribution in [3.63, 3.8) is 0 Å². The number of sulfonamides is 1. The summed E-state index contributed by atoms with van der Waals surface area (Å²) in [4.78, 5) is 34.7. The average molecular weight is 730 g/mol. The quantitative estimate of drug-likeness (QED) is 0.295. The number of para-hydroxylation sites is 1. The van der Waals surface area contributed by atoms with Crippen LogP contribution in [0.25, 0.3) is 10.9 Å². The highest BCUT2D eigenvalue weighted by Gasteiger charge is 2.38. The lowest BCUT2D eigenvalue weighted by atomic mass is 9.82. The molecule has 3 aromatic rings. The first-order chi connectivity index (χ1) is 21.7. The van der Waals surface area contributed by atoms with Gasteiger partial charge in [0.25, 0.3) is 0 Å². The lowest BCUT2D eigenvalue weighted by Gasteiger charge is -2.35. The summed E-state index contributed by atoms with van der Waals surface area (Å²) in [5.74, 6) is -0.283. The number of benzene rings is 2. The molecular weight excluding hydrogens is 693 g/mol. The summed E-state index contributed by atoms with van der Waals surface area (Å²) in [6.45, 7) is 5.75. The summed E-state index contributed by atoms with van der Waals surface area (Å²) in [6, 6.07) is 14.8. The number of nitrogens with zero attached hydrogens (tertiary/aromatic N) is 4. The second-order valence-corrected chi connectivity index (χ2v) is 13.9. The molecule has 2 fully saturated rings. The molecule has 0 bridgehead atoms. The van der Waals surface area contributed by atoms with Gasteiger partial charge in [-0.05, 0) is 73.9 Å². The Morgan fingerprint density at radius 3 is 2.07 bits per heavy atom. The average Bonchev–Trinajstić information content (AvgIpc) is 3.03. The van der Waals surface area contributed by atoms with Gasteiger partial charge in [-0.1, -0.05) is 28.1 Å². The van der Waals surface area contributed by atoms with E-state index in [0.29, 0.717) is 42.3 Å². The molecule has 11 nitrogen and oxygen atoms in total. The molecule has 3 N–H and O–H groups in total. The third-order valence-electron chi connectivity index (χ3n) is 8.05. The van der Waals surface area contributed by atoms with E-state index >= 15 is 0 Å². The van der Waals surface area contributed by atoms with Crippen LogP contribution in [-0.4, -0.2) is 85.7 Å². The standard InChI is InChI=1S/C28H35BrN6O3S.C2HF3O2/c1-20(36)34-14-16-35(17-15-34)27-25-4-2-3-5-26(25)32-28(33-27)30-18-21-6-8-22(9-7-21)19-31-39(37,38)24-12-10-23(29)11-13-24;3-2(4,5)1(6)7/h2-5,10-13,21-22,31H,6-9,14-19H2,1H3,(H,30,32,33);(H,6,7). The molecule has 0 atom stereocenters. The van der Waals surface area contributed by atoms with Gasteiger partial charge in [-0.3, -0.25) is 4.79 Å². The molecule has 2 aromatic carbocycles. The van der Waals surface area contributed by atoms with Crippen LogP contribution in [0.15, 0.2) is 57.9 Å². The van der Waals surface area contributed by atoms with E-state index in [4.69, 9.17) is 19.9 Å². The van der Waals surface area contributed by atoms with Gasteiger partial charge in [0.1, 0.15) is 5.82 Å². The maximum Gasteiger partial charge on any atom is 0.490 e. The van der Waals surface area contributed by atoms with Crippen molar-refractivity contribution >= 4 is 60.5 Å². The molecule has 16 heteroatoms. The molecule has 1 amide bonds. The number of rotatable bonds is 8. The highest BCUT2D eigenvalue weighted by molar-refractivity contribution is 9.10. The largest absolute Gasteiger partial charge is 0.490 e. The summed E-state index contributed by atoms with van der Waals surface area (Å²) in [6.07, 6.45) is -1.05. The summed E-state index contributed by atoms with van der Waals surface area (Å²) in [5, 5.41) is 11.6. The molecule has 1 saturated carbocycles. The number of carboxylic acid groups (broad SMARTS) is 1. The molecule has 46 heavy (non-hydrogen) atoms. The predicted molar refractivity (Wildman–Crippen MR) is 171 cm³/mol. The maximum atomic E-state index is 12.6. The molecule has 0 unspecified atom stereocenters. The minimum absolute atomic E-state index is 0.112. The van der Waals surface area contributed by atoms with Crippen molar-refractivity contribution in [1.29, 1.82) is 0 Å². The van der Waals surface area contributed by atoms with Crippen LogP contribution in [-0.2, 0) is 19.6 Å². The molecule has 5 rings (SSSR count). The van der Waals surface area contributed by atoms with Crippen LogP contribution in [0.4, 0.5) is 24.9 Å². The number of aliphatic carboxylic acids is 1. The SMILES string of the molecule is CC(=O)N1CCN(c2nc(NCC3CCC(CNS(=O)(=O)c4ccc(Br)cc4)CC3)nc3ccccc23)CC1.O=C(O)C(F)(F)F. The summed E-state index contributed by atoms with van der Waals surface area (Å²) in [7, 11) is -3.50. The first-order valence-corrected chi connectivity index (χ1v) is 17.1. The fourth-order valence-corrected chi connectivity index (χ4v) is 6.79. The second kappa shape index (κ2) is 15.4. The van der Waals surface area contributed by atoms with Crippen molar-refractivity contribution in [3.8, 4) is 0 Å². The maximum absolute atomic E-state index is 12.6. The molecule has 0 spiro atoms. The number of aromatic nitrogens is 2. The third kappa shape index (κ3) is 9.75. The zero-order chi connectivity index (χ0) is 33.5. The van der Waals surface area contributed by atoms with E-state index in [1.807, 2.05) is 23.1 Å². The number of halogens is 4. The number of carbonyl (C=O) groups excluding carboxylic acids is 1. The van der Waals surface area contributed by atoms with E-state index in [2.05, 4.69) is 36.9 Å². The number of piperazine rings is 1. The molecule has 1 aliphatic carbocycles. The van der Waals surface area contributed by atoms with Crippen molar-refractivity contribution in [2.45, 2.75) is 43.7 Å². The number of carbonyl (C=O) groups is 2. The molecule has 0 radical (unpaired) electrons. The van der Waals surface area contributed by atoms with Gasteiger partial charge in [0, 0.05) is 56.1 Å². The number of fused-ring (bicyclic) bond motifs is 1. The van der Waals surface area contributed by atoms with Gasteiger partial charge >= 0.3 is 12.1 Å². The topological polar surface area (TPSA) is 145 Å². The minimum Gasteiger partial charge on any atom is -0.475 e. The van der Waals surface area contributed by atoms with E-state index < -0.39 is 22.2 Å². The lowest BCUT2D eigenvalue weighted by molar-refractivity contribution is -0.192. The van der Waals surface area contributed by atoms with Crippen LogP contribution < -0.4 is 14.9 Å². The number of nitrogens with one attached hydrogen (secondary N) is 2. The number of amides is 1. The molecule has 1 aliphatic heterocycles. The Morgan fingerprint density at radius 2 is 1.50 bits per heavy atom. The predicted octanol–water partition coefficient (Wildman–Crippen LogP) is 4.89. The Labute approximate surface area is 273 Å². The van der Waals surface area contributed by atoms with Crippen molar-refractivity contribution < 1.29 is 36.3 Å². The third-order valence-corrected chi connectivity index (χ3v) is 10.0. The highest BCUT2D eigenvalue weighted by atomic mass is 79.9. The zero-order valence-corrected chi connectivity index (χ0v) is 27.5. The number of hydrogen-bond donors (Lipinski definition) is 3. The molecule has 250 valence electrons. The minimum atomic E-state index is -5.08. The smallest absolute Gasteiger partial charge is 0.475 e. The van der Waals surface area contributed by atoms with Crippen molar-refractivity contribution in [2.75, 3.05) is 49.5 Å².